The van der Waals surface area contributed by atoms with Crippen LogP contribution in [0.15, 0.2) is 24.3 Å². The molecule has 0 amide bonds. The second-order valence-electron chi connectivity index (χ2n) is 4.59. The molecule has 0 saturated carbocycles. The summed E-state index contributed by atoms with van der Waals surface area (Å²) in [6.07, 6.45) is 0.436. The number of ether oxygens (including phenoxy) is 1. The lowest BCUT2D eigenvalue weighted by Gasteiger charge is -2.19. The van der Waals surface area contributed by atoms with Crippen molar-refractivity contribution in [1.29, 1.82) is 0 Å². The number of carboxylic acids is 1. The van der Waals surface area contributed by atoms with Crippen LogP contribution in [0.3, 0.4) is 0 Å². The average molecular weight is 238 g/mol. The minimum absolute atomic E-state index is 0.0299. The summed E-state index contributed by atoms with van der Waals surface area (Å²) in [7, 11) is 0. The summed E-state index contributed by atoms with van der Waals surface area (Å²) in [6, 6.07) is 7.12. The van der Waals surface area contributed by atoms with Gasteiger partial charge in [-0.05, 0) is 38.0 Å². The molecule has 0 aliphatic carbocycles. The Morgan fingerprint density at radius 3 is 2.71 bits per heavy atom. The van der Waals surface area contributed by atoms with Crippen LogP contribution >= 0.6 is 0 Å². The minimum atomic E-state index is -0.829. The van der Waals surface area contributed by atoms with E-state index in [-0.39, 0.29) is 6.61 Å². The molecule has 4 heteroatoms. The summed E-state index contributed by atoms with van der Waals surface area (Å²) >= 11 is 0. The molecular weight excluding hydrogens is 220 g/mol. The Morgan fingerprint density at radius 2 is 2.12 bits per heavy atom. The van der Waals surface area contributed by atoms with Gasteiger partial charge in [0.15, 0.2) is 0 Å². The summed E-state index contributed by atoms with van der Waals surface area (Å²) in [5.74, 6) is -0.178. The molecule has 1 aromatic carbocycles. The van der Waals surface area contributed by atoms with Crippen LogP contribution in [0, 0.1) is 5.41 Å². The van der Waals surface area contributed by atoms with Gasteiger partial charge in [-0.15, -0.1) is 0 Å². The second-order valence-corrected chi connectivity index (χ2v) is 4.59. The average Bonchev–Trinajstić information content (AvgIpc) is 2.29. The van der Waals surface area contributed by atoms with Crippen LogP contribution in [0.2, 0.25) is 0 Å². The van der Waals surface area contributed by atoms with E-state index in [0.29, 0.717) is 18.8 Å². The fourth-order valence-corrected chi connectivity index (χ4v) is 1.26. The Balaban J connectivity index is 2.48. The molecule has 94 valence electrons. The molecule has 0 saturated heterocycles. The van der Waals surface area contributed by atoms with E-state index in [9.17, 15) is 4.79 Å². The van der Waals surface area contributed by atoms with Gasteiger partial charge in [-0.3, -0.25) is 4.79 Å². The van der Waals surface area contributed by atoms with Gasteiger partial charge in [0.25, 0.3) is 0 Å². The summed E-state index contributed by atoms with van der Waals surface area (Å²) in [6.45, 7) is 3.65. The molecule has 1 rings (SSSR count). The number of aliphatic hydroxyl groups excluding tert-OH is 1. The molecule has 0 aliphatic heterocycles. The number of hydrogen-bond acceptors (Lipinski definition) is 3. The second kappa shape index (κ2) is 5.68. The maximum Gasteiger partial charge on any atom is 0.309 e. The van der Waals surface area contributed by atoms with Crippen LogP contribution in [0.5, 0.6) is 5.75 Å². The first-order valence-corrected chi connectivity index (χ1v) is 5.52. The van der Waals surface area contributed by atoms with Crippen LogP contribution in [0.4, 0.5) is 0 Å². The Morgan fingerprint density at radius 1 is 1.41 bits per heavy atom. The molecule has 0 bridgehead atoms. The van der Waals surface area contributed by atoms with Crippen molar-refractivity contribution in [3.63, 3.8) is 0 Å². The van der Waals surface area contributed by atoms with E-state index in [1.54, 1.807) is 38.1 Å². The molecule has 0 aliphatic rings. The van der Waals surface area contributed by atoms with Crippen molar-refractivity contribution in [2.24, 2.45) is 5.41 Å². The molecule has 0 aromatic heterocycles. The number of carboxylic acid groups (broad SMARTS) is 1. The lowest BCUT2D eigenvalue weighted by Crippen LogP contribution is -2.25. The lowest BCUT2D eigenvalue weighted by atomic mass is 9.90. The third-order valence-electron chi connectivity index (χ3n) is 2.66. The number of hydrogen-bond donors (Lipinski definition) is 2. The first kappa shape index (κ1) is 13.5. The zero-order chi connectivity index (χ0) is 12.9. The Kier molecular flexibility index (Phi) is 4.52. The fourth-order valence-electron chi connectivity index (χ4n) is 1.26. The summed E-state index contributed by atoms with van der Waals surface area (Å²) in [4.78, 5) is 10.9. The highest BCUT2D eigenvalue weighted by molar-refractivity contribution is 5.73. The van der Waals surface area contributed by atoms with Crippen molar-refractivity contribution in [1.82, 2.24) is 0 Å². The van der Waals surface area contributed by atoms with Crippen LogP contribution in [-0.4, -0.2) is 22.8 Å². The molecular formula is C13H18O4. The summed E-state index contributed by atoms with van der Waals surface area (Å²) in [5.41, 5.74) is -0.00537. The molecule has 0 spiro atoms. The van der Waals surface area contributed by atoms with Gasteiger partial charge in [0.05, 0.1) is 18.6 Å². The smallest absolute Gasteiger partial charge is 0.309 e. The van der Waals surface area contributed by atoms with E-state index in [1.165, 1.54) is 0 Å². The van der Waals surface area contributed by atoms with E-state index in [0.717, 1.165) is 5.56 Å². The normalized spacial score (nSPS) is 11.2. The first-order valence-electron chi connectivity index (χ1n) is 5.52. The highest BCUT2D eigenvalue weighted by atomic mass is 16.5. The number of rotatable bonds is 6. The predicted molar refractivity (Wildman–Crippen MR) is 63.9 cm³/mol. The van der Waals surface area contributed by atoms with Gasteiger partial charge in [-0.1, -0.05) is 12.1 Å². The maximum atomic E-state index is 10.9. The van der Waals surface area contributed by atoms with Gasteiger partial charge in [0.2, 0.25) is 0 Å². The highest BCUT2D eigenvalue weighted by Crippen LogP contribution is 2.21. The topological polar surface area (TPSA) is 66.8 Å². The third-order valence-corrected chi connectivity index (χ3v) is 2.66. The number of aliphatic carboxylic acids is 1. The fraction of sp³-hybridized carbons (Fsp3) is 0.462. The number of aliphatic hydroxyl groups is 1. The van der Waals surface area contributed by atoms with E-state index in [1.807, 2.05) is 0 Å². The van der Waals surface area contributed by atoms with Crippen molar-refractivity contribution in [2.75, 3.05) is 6.61 Å². The molecule has 2 N–H and O–H groups in total. The van der Waals surface area contributed by atoms with Crippen LogP contribution in [0.25, 0.3) is 0 Å². The van der Waals surface area contributed by atoms with E-state index in [2.05, 4.69) is 0 Å². The largest absolute Gasteiger partial charge is 0.494 e. The Bertz CT molecular complexity index is 385. The molecule has 1 aromatic rings. The van der Waals surface area contributed by atoms with Crippen molar-refractivity contribution in [2.45, 2.75) is 26.9 Å². The summed E-state index contributed by atoms with van der Waals surface area (Å²) in [5, 5.41) is 17.9. The number of benzene rings is 1. The van der Waals surface area contributed by atoms with Gasteiger partial charge in [0, 0.05) is 0 Å². The molecule has 0 radical (unpaired) electrons. The SMILES string of the molecule is CC(C)(CCOc1cccc(CO)c1)C(=O)O. The molecule has 17 heavy (non-hydrogen) atoms. The quantitative estimate of drug-likeness (QED) is 0.796. The molecule has 0 unspecified atom stereocenters. The van der Waals surface area contributed by atoms with Crippen molar-refractivity contribution in [3.05, 3.63) is 29.8 Å². The molecule has 0 heterocycles. The van der Waals surface area contributed by atoms with Crippen molar-refractivity contribution >= 4 is 5.97 Å². The van der Waals surface area contributed by atoms with E-state index < -0.39 is 11.4 Å². The Labute approximate surface area is 101 Å². The highest BCUT2D eigenvalue weighted by Gasteiger charge is 2.26. The van der Waals surface area contributed by atoms with Crippen molar-refractivity contribution < 1.29 is 19.7 Å². The zero-order valence-electron chi connectivity index (χ0n) is 10.1. The molecule has 4 nitrogen and oxygen atoms in total. The van der Waals surface area contributed by atoms with Gasteiger partial charge in [-0.2, -0.15) is 0 Å². The predicted octanol–water partition coefficient (Wildman–Crippen LogP) is 2.06. The molecule has 0 fully saturated rings. The van der Waals surface area contributed by atoms with Gasteiger partial charge >= 0.3 is 5.97 Å². The van der Waals surface area contributed by atoms with Crippen LogP contribution < -0.4 is 4.74 Å². The third kappa shape index (κ3) is 4.07. The van der Waals surface area contributed by atoms with Gasteiger partial charge in [-0.25, -0.2) is 0 Å². The Hall–Kier alpha value is -1.55. The van der Waals surface area contributed by atoms with Crippen LogP contribution in [-0.2, 0) is 11.4 Å². The van der Waals surface area contributed by atoms with Crippen molar-refractivity contribution in [3.8, 4) is 5.75 Å². The number of carbonyl (C=O) groups is 1. The monoisotopic (exact) mass is 238 g/mol. The standard InChI is InChI=1S/C13H18O4/c1-13(2,12(15)16)6-7-17-11-5-3-4-10(8-11)9-14/h3-5,8,14H,6-7,9H2,1-2H3,(H,15,16). The summed E-state index contributed by atoms with van der Waals surface area (Å²) < 4.78 is 5.46. The van der Waals surface area contributed by atoms with E-state index in [4.69, 9.17) is 14.9 Å². The van der Waals surface area contributed by atoms with Crippen LogP contribution in [0.1, 0.15) is 25.8 Å². The zero-order valence-corrected chi connectivity index (χ0v) is 10.1. The molecule has 0 atom stereocenters. The maximum absolute atomic E-state index is 10.9. The van der Waals surface area contributed by atoms with Gasteiger partial charge in [0.1, 0.15) is 5.75 Å². The lowest BCUT2D eigenvalue weighted by molar-refractivity contribution is -0.147. The first-order chi connectivity index (χ1) is 7.95. The van der Waals surface area contributed by atoms with Gasteiger partial charge < -0.3 is 14.9 Å². The van der Waals surface area contributed by atoms with E-state index >= 15 is 0 Å². The minimum Gasteiger partial charge on any atom is -0.494 e.